The Morgan fingerprint density at radius 2 is 1.78 bits per heavy atom. The van der Waals surface area contributed by atoms with Crippen molar-refractivity contribution in [1.82, 2.24) is 10.6 Å². The highest BCUT2D eigenvalue weighted by Gasteiger charge is 2.20. The Morgan fingerprint density at radius 1 is 1.11 bits per heavy atom. The van der Waals surface area contributed by atoms with Gasteiger partial charge >= 0.3 is 6.03 Å². The largest absolute Gasteiger partial charge is 0.352 e. The Balaban J connectivity index is 4.32. The molecule has 0 aliphatic heterocycles. The van der Waals surface area contributed by atoms with Crippen LogP contribution in [-0.2, 0) is 4.79 Å². The highest BCUT2D eigenvalue weighted by atomic mass is 16.2. The van der Waals surface area contributed by atoms with Crippen molar-refractivity contribution >= 4 is 11.9 Å². The van der Waals surface area contributed by atoms with Gasteiger partial charge in [0.2, 0.25) is 5.91 Å². The molecule has 0 aliphatic carbocycles. The van der Waals surface area contributed by atoms with Gasteiger partial charge < -0.3 is 22.1 Å². The zero-order valence-electron chi connectivity index (χ0n) is 11.4. The summed E-state index contributed by atoms with van der Waals surface area (Å²) in [7, 11) is 0. The van der Waals surface area contributed by atoms with E-state index in [1.165, 1.54) is 0 Å². The number of carbonyl (C=O) groups excluding carboxylic acids is 2. The molecule has 0 aromatic heterocycles. The Labute approximate surface area is 109 Å². The Morgan fingerprint density at radius 3 is 2.22 bits per heavy atom. The average Bonchev–Trinajstić information content (AvgIpc) is 2.33. The SMILES string of the molecule is CCCCC(CN)NC(=O)[C@@H](CCC)NC(N)=O. The number of primary amides is 1. The van der Waals surface area contributed by atoms with Crippen molar-refractivity contribution in [3.63, 3.8) is 0 Å². The van der Waals surface area contributed by atoms with Crippen LogP contribution in [0.3, 0.4) is 0 Å². The van der Waals surface area contributed by atoms with Crippen LogP contribution < -0.4 is 22.1 Å². The Bertz CT molecular complexity index is 258. The van der Waals surface area contributed by atoms with Crippen LogP contribution in [0.25, 0.3) is 0 Å². The van der Waals surface area contributed by atoms with Gasteiger partial charge in [0.1, 0.15) is 6.04 Å². The number of carbonyl (C=O) groups is 2. The van der Waals surface area contributed by atoms with E-state index in [-0.39, 0.29) is 11.9 Å². The van der Waals surface area contributed by atoms with Crippen LogP contribution in [-0.4, -0.2) is 30.6 Å². The second-order valence-electron chi connectivity index (χ2n) is 4.43. The summed E-state index contributed by atoms with van der Waals surface area (Å²) < 4.78 is 0. The summed E-state index contributed by atoms with van der Waals surface area (Å²) in [5, 5.41) is 5.31. The van der Waals surface area contributed by atoms with Crippen LogP contribution in [0.15, 0.2) is 0 Å². The summed E-state index contributed by atoms with van der Waals surface area (Å²) in [4.78, 5) is 22.8. The summed E-state index contributed by atoms with van der Waals surface area (Å²) in [5.74, 6) is -0.206. The third kappa shape index (κ3) is 7.11. The van der Waals surface area contributed by atoms with Crippen LogP contribution >= 0.6 is 0 Å². The van der Waals surface area contributed by atoms with Gasteiger partial charge in [-0.3, -0.25) is 4.79 Å². The second kappa shape index (κ2) is 9.70. The lowest BCUT2D eigenvalue weighted by Gasteiger charge is -2.21. The smallest absolute Gasteiger partial charge is 0.312 e. The number of unbranched alkanes of at least 4 members (excludes halogenated alkanes) is 1. The molecule has 106 valence electrons. The fraction of sp³-hybridized carbons (Fsp3) is 0.833. The average molecular weight is 258 g/mol. The number of urea groups is 1. The van der Waals surface area contributed by atoms with Crippen molar-refractivity contribution in [2.75, 3.05) is 6.54 Å². The first kappa shape index (κ1) is 16.7. The molecule has 2 atom stereocenters. The van der Waals surface area contributed by atoms with Gasteiger partial charge in [0.05, 0.1) is 0 Å². The van der Waals surface area contributed by atoms with Gasteiger partial charge in [-0.2, -0.15) is 0 Å². The maximum Gasteiger partial charge on any atom is 0.312 e. The minimum atomic E-state index is -0.679. The minimum absolute atomic E-state index is 0.0357. The molecule has 0 rings (SSSR count). The first-order valence-electron chi connectivity index (χ1n) is 6.61. The molecule has 1 unspecified atom stereocenters. The number of rotatable bonds is 9. The predicted octanol–water partition coefficient (Wildman–Crippen LogP) is 0.457. The molecule has 0 heterocycles. The molecular formula is C12H26N4O2. The van der Waals surface area contributed by atoms with E-state index in [1.54, 1.807) is 0 Å². The zero-order chi connectivity index (χ0) is 14.0. The van der Waals surface area contributed by atoms with Crippen molar-refractivity contribution in [2.45, 2.75) is 58.0 Å². The van der Waals surface area contributed by atoms with Gasteiger partial charge in [-0.05, 0) is 12.8 Å². The van der Waals surface area contributed by atoms with Gasteiger partial charge in [-0.15, -0.1) is 0 Å². The van der Waals surface area contributed by atoms with Crippen LogP contribution in [0.5, 0.6) is 0 Å². The van der Waals surface area contributed by atoms with Gasteiger partial charge in [0.15, 0.2) is 0 Å². The normalized spacial score (nSPS) is 13.7. The third-order valence-corrected chi connectivity index (χ3v) is 2.75. The van der Waals surface area contributed by atoms with E-state index in [1.807, 2.05) is 6.92 Å². The number of hydrogen-bond donors (Lipinski definition) is 4. The summed E-state index contributed by atoms with van der Waals surface area (Å²) in [6.45, 7) is 4.44. The molecule has 0 saturated heterocycles. The molecule has 6 nitrogen and oxygen atoms in total. The van der Waals surface area contributed by atoms with Crippen molar-refractivity contribution in [1.29, 1.82) is 0 Å². The van der Waals surface area contributed by atoms with Crippen LogP contribution in [0.2, 0.25) is 0 Å². The molecule has 0 spiro atoms. The van der Waals surface area contributed by atoms with Crippen LogP contribution in [0, 0.1) is 0 Å². The highest BCUT2D eigenvalue weighted by Crippen LogP contribution is 2.02. The fourth-order valence-electron chi connectivity index (χ4n) is 1.73. The van der Waals surface area contributed by atoms with Crippen molar-refractivity contribution in [3.8, 4) is 0 Å². The minimum Gasteiger partial charge on any atom is -0.352 e. The molecule has 0 bridgehead atoms. The Hall–Kier alpha value is -1.30. The monoisotopic (exact) mass is 258 g/mol. The second-order valence-corrected chi connectivity index (χ2v) is 4.43. The summed E-state index contributed by atoms with van der Waals surface area (Å²) >= 11 is 0. The number of nitrogens with one attached hydrogen (secondary N) is 2. The van der Waals surface area contributed by atoms with E-state index in [0.29, 0.717) is 13.0 Å². The van der Waals surface area contributed by atoms with Gasteiger partial charge in [0, 0.05) is 12.6 Å². The standard InChI is InChI=1S/C12H26N4O2/c1-3-5-7-9(8-13)15-11(17)10(6-4-2)16-12(14)18/h9-10H,3-8,13H2,1-2H3,(H,15,17)(H3,14,16,18)/t9?,10-/m1/s1. The number of nitrogens with two attached hydrogens (primary N) is 2. The summed E-state index contributed by atoms with van der Waals surface area (Å²) in [6, 6.07) is -1.28. The van der Waals surface area contributed by atoms with Gasteiger partial charge in [0.25, 0.3) is 0 Å². The zero-order valence-corrected chi connectivity index (χ0v) is 11.4. The molecule has 0 radical (unpaired) electrons. The van der Waals surface area contributed by atoms with Crippen molar-refractivity contribution in [3.05, 3.63) is 0 Å². The molecule has 0 aromatic carbocycles. The maximum atomic E-state index is 12.0. The Kier molecular flexibility index (Phi) is 9.00. The van der Waals surface area contributed by atoms with Crippen LogP contribution in [0.1, 0.15) is 46.0 Å². The lowest BCUT2D eigenvalue weighted by atomic mass is 10.1. The lowest BCUT2D eigenvalue weighted by molar-refractivity contribution is -0.123. The molecule has 6 N–H and O–H groups in total. The first-order valence-corrected chi connectivity index (χ1v) is 6.61. The molecular weight excluding hydrogens is 232 g/mol. The highest BCUT2D eigenvalue weighted by molar-refractivity contribution is 5.86. The molecule has 0 saturated carbocycles. The number of hydrogen-bond acceptors (Lipinski definition) is 3. The van der Waals surface area contributed by atoms with E-state index < -0.39 is 12.1 Å². The molecule has 0 fully saturated rings. The van der Waals surface area contributed by atoms with Crippen molar-refractivity contribution in [2.24, 2.45) is 11.5 Å². The molecule has 0 aliphatic rings. The maximum absolute atomic E-state index is 12.0. The van der Waals surface area contributed by atoms with E-state index in [2.05, 4.69) is 17.6 Å². The van der Waals surface area contributed by atoms with E-state index >= 15 is 0 Å². The van der Waals surface area contributed by atoms with Gasteiger partial charge in [-0.25, -0.2) is 4.79 Å². The predicted molar refractivity (Wildman–Crippen MR) is 71.9 cm³/mol. The quantitative estimate of drug-likeness (QED) is 0.482. The summed E-state index contributed by atoms with van der Waals surface area (Å²) in [6.07, 6.45) is 4.29. The molecule has 18 heavy (non-hydrogen) atoms. The molecule has 6 heteroatoms. The summed E-state index contributed by atoms with van der Waals surface area (Å²) in [5.41, 5.74) is 10.7. The first-order chi connectivity index (χ1) is 8.54. The van der Waals surface area contributed by atoms with E-state index in [0.717, 1.165) is 25.7 Å². The fourth-order valence-corrected chi connectivity index (χ4v) is 1.73. The van der Waals surface area contributed by atoms with Crippen molar-refractivity contribution < 1.29 is 9.59 Å². The van der Waals surface area contributed by atoms with Gasteiger partial charge in [-0.1, -0.05) is 33.1 Å². The number of amides is 3. The van der Waals surface area contributed by atoms with E-state index in [9.17, 15) is 9.59 Å². The lowest BCUT2D eigenvalue weighted by Crippen LogP contribution is -2.52. The van der Waals surface area contributed by atoms with Crippen LogP contribution in [0.4, 0.5) is 4.79 Å². The molecule has 3 amide bonds. The molecule has 0 aromatic rings. The van der Waals surface area contributed by atoms with E-state index in [4.69, 9.17) is 11.5 Å². The topological polar surface area (TPSA) is 110 Å². The third-order valence-electron chi connectivity index (χ3n) is 2.75.